The van der Waals surface area contributed by atoms with E-state index in [0.29, 0.717) is 0 Å². The first-order valence-electron chi connectivity index (χ1n) is 7.38. The summed E-state index contributed by atoms with van der Waals surface area (Å²) in [6, 6.07) is 20.1. The van der Waals surface area contributed by atoms with Gasteiger partial charge in [0.25, 0.3) is 0 Å². The normalized spacial score (nSPS) is 10.2. The molecule has 5 rings (SSSR count). The molecule has 0 saturated heterocycles. The summed E-state index contributed by atoms with van der Waals surface area (Å²) in [6.45, 7) is 0. The van der Waals surface area contributed by atoms with Gasteiger partial charge in [0.1, 0.15) is 0 Å². The van der Waals surface area contributed by atoms with Crippen LogP contribution in [-0.2, 0) is 19.5 Å². The minimum atomic E-state index is 0. The molecule has 0 amide bonds. The molecule has 0 bridgehead atoms. The molecule has 0 atom stereocenters. The molecule has 0 aliphatic rings. The molecule has 3 heterocycles. The van der Waals surface area contributed by atoms with Gasteiger partial charge in [0.05, 0.1) is 28.4 Å². The minimum absolute atomic E-state index is 0. The second-order valence-corrected chi connectivity index (χ2v) is 5.14. The number of pyridine rings is 2. The fourth-order valence-corrected chi connectivity index (χ4v) is 2.56. The van der Waals surface area contributed by atoms with E-state index >= 15 is 0 Å². The van der Waals surface area contributed by atoms with E-state index in [4.69, 9.17) is 0 Å². The van der Waals surface area contributed by atoms with Crippen LogP contribution in [0.15, 0.2) is 79.4 Å². The molecule has 118 valence electrons. The first-order chi connectivity index (χ1) is 11.4. The van der Waals surface area contributed by atoms with Gasteiger partial charge >= 0.3 is 0 Å². The predicted octanol–water partition coefficient (Wildman–Crippen LogP) is 4.34. The summed E-state index contributed by atoms with van der Waals surface area (Å²) in [5, 5.41) is 2.28. The Hall–Kier alpha value is -2.65. The number of benzene rings is 2. The van der Waals surface area contributed by atoms with Crippen molar-refractivity contribution in [2.45, 2.75) is 0 Å². The number of imidazole rings is 1. The number of nitrogens with one attached hydrogen (secondary N) is 1. The molecule has 0 fully saturated rings. The summed E-state index contributed by atoms with van der Waals surface area (Å²) in [5.74, 6) is 0. The molecular formula is C19H14N4Ru. The zero-order chi connectivity index (χ0) is 15.5. The molecular weight excluding hydrogens is 385 g/mol. The number of fused-ring (bicyclic) bond motifs is 4. The molecule has 0 aliphatic heterocycles. The van der Waals surface area contributed by atoms with Crippen molar-refractivity contribution in [1.29, 1.82) is 0 Å². The SMILES string of the molecule is [Ru].c1ccc2[nH]cnc2c1.c1cnc2c(c1)ccc1cccnc12. The number of hydrogen-bond donors (Lipinski definition) is 1. The number of H-pyrrole nitrogens is 1. The molecule has 0 unspecified atom stereocenters. The monoisotopic (exact) mass is 400 g/mol. The van der Waals surface area contributed by atoms with Crippen LogP contribution >= 0.6 is 0 Å². The van der Waals surface area contributed by atoms with Crippen LogP contribution in [0.5, 0.6) is 0 Å². The third kappa shape index (κ3) is 3.17. The van der Waals surface area contributed by atoms with Gasteiger partial charge < -0.3 is 4.98 Å². The molecule has 1 N–H and O–H groups in total. The van der Waals surface area contributed by atoms with E-state index in [1.54, 1.807) is 18.7 Å². The van der Waals surface area contributed by atoms with Crippen molar-refractivity contribution in [2.24, 2.45) is 0 Å². The largest absolute Gasteiger partial charge is 0.345 e. The summed E-state index contributed by atoms with van der Waals surface area (Å²) in [7, 11) is 0. The van der Waals surface area contributed by atoms with Crippen LogP contribution in [0.25, 0.3) is 32.8 Å². The van der Waals surface area contributed by atoms with Crippen LogP contribution in [0.1, 0.15) is 0 Å². The van der Waals surface area contributed by atoms with Gasteiger partial charge in [-0.1, -0.05) is 36.4 Å². The van der Waals surface area contributed by atoms with E-state index in [2.05, 4.69) is 44.2 Å². The Morgan fingerprint density at radius 3 is 1.88 bits per heavy atom. The van der Waals surface area contributed by atoms with Crippen molar-refractivity contribution in [2.75, 3.05) is 0 Å². The van der Waals surface area contributed by atoms with Crippen molar-refractivity contribution in [3.63, 3.8) is 0 Å². The third-order valence-corrected chi connectivity index (χ3v) is 3.67. The van der Waals surface area contributed by atoms with E-state index in [-0.39, 0.29) is 19.5 Å². The molecule has 0 radical (unpaired) electrons. The predicted molar refractivity (Wildman–Crippen MR) is 93.1 cm³/mol. The zero-order valence-corrected chi connectivity index (χ0v) is 14.4. The summed E-state index contributed by atoms with van der Waals surface area (Å²) < 4.78 is 0. The van der Waals surface area contributed by atoms with Gasteiger partial charge in [-0.05, 0) is 24.3 Å². The van der Waals surface area contributed by atoms with Crippen LogP contribution in [0, 0.1) is 0 Å². The number of hydrogen-bond acceptors (Lipinski definition) is 3. The number of nitrogens with zero attached hydrogens (tertiary/aromatic N) is 3. The molecule has 5 aromatic rings. The second-order valence-electron chi connectivity index (χ2n) is 5.14. The molecule has 5 heteroatoms. The Morgan fingerprint density at radius 1 is 0.625 bits per heavy atom. The Labute approximate surface area is 151 Å². The zero-order valence-electron chi connectivity index (χ0n) is 12.7. The van der Waals surface area contributed by atoms with Crippen LogP contribution in [-0.4, -0.2) is 19.9 Å². The first kappa shape index (κ1) is 16.2. The van der Waals surface area contributed by atoms with Crippen LogP contribution < -0.4 is 0 Å². The number of para-hydroxylation sites is 2. The van der Waals surface area contributed by atoms with Crippen LogP contribution in [0.2, 0.25) is 0 Å². The van der Waals surface area contributed by atoms with Gasteiger partial charge in [-0.3, -0.25) is 9.97 Å². The summed E-state index contributed by atoms with van der Waals surface area (Å²) in [4.78, 5) is 15.8. The van der Waals surface area contributed by atoms with E-state index in [0.717, 1.165) is 32.8 Å². The molecule has 24 heavy (non-hydrogen) atoms. The Morgan fingerprint density at radius 2 is 1.25 bits per heavy atom. The van der Waals surface area contributed by atoms with Crippen molar-refractivity contribution in [3.8, 4) is 0 Å². The van der Waals surface area contributed by atoms with Crippen LogP contribution in [0.4, 0.5) is 0 Å². The van der Waals surface area contributed by atoms with Crippen molar-refractivity contribution >= 4 is 32.8 Å². The second kappa shape index (κ2) is 7.28. The van der Waals surface area contributed by atoms with Gasteiger partial charge in [-0.25, -0.2) is 4.98 Å². The number of aromatic amines is 1. The van der Waals surface area contributed by atoms with Crippen molar-refractivity contribution < 1.29 is 19.5 Å². The van der Waals surface area contributed by atoms with E-state index in [9.17, 15) is 0 Å². The fraction of sp³-hybridized carbons (Fsp3) is 0. The molecule has 4 nitrogen and oxygen atoms in total. The van der Waals surface area contributed by atoms with Gasteiger partial charge in [-0.2, -0.15) is 0 Å². The number of rotatable bonds is 0. The van der Waals surface area contributed by atoms with Gasteiger partial charge in [-0.15, -0.1) is 0 Å². The van der Waals surface area contributed by atoms with Crippen molar-refractivity contribution in [1.82, 2.24) is 19.9 Å². The van der Waals surface area contributed by atoms with E-state index in [1.807, 2.05) is 36.4 Å². The smallest absolute Gasteiger partial charge is 0.0964 e. The maximum Gasteiger partial charge on any atom is 0.0964 e. The number of aromatic nitrogens is 4. The average Bonchev–Trinajstić information content (AvgIpc) is 3.11. The Balaban J connectivity index is 0.000000147. The summed E-state index contributed by atoms with van der Waals surface area (Å²) in [6.07, 6.45) is 5.30. The quantitative estimate of drug-likeness (QED) is 0.311. The van der Waals surface area contributed by atoms with Crippen LogP contribution in [0.3, 0.4) is 0 Å². The maximum atomic E-state index is 4.35. The topological polar surface area (TPSA) is 54.5 Å². The molecule has 3 aromatic heterocycles. The van der Waals surface area contributed by atoms with E-state index < -0.39 is 0 Å². The summed E-state index contributed by atoms with van der Waals surface area (Å²) >= 11 is 0. The van der Waals surface area contributed by atoms with Gasteiger partial charge in [0, 0.05) is 42.6 Å². The maximum absolute atomic E-state index is 4.35. The molecule has 0 spiro atoms. The standard InChI is InChI=1S/C12H8N2.C7H6N2.Ru/c1-3-9-5-6-10-4-2-8-14-12(10)11(9)13-7-1;1-2-4-7-6(3-1)8-5-9-7;/h1-8H;1-5H,(H,8,9);. The Bertz CT molecular complexity index is 1000. The van der Waals surface area contributed by atoms with Gasteiger partial charge in [0.15, 0.2) is 0 Å². The fourth-order valence-electron chi connectivity index (χ4n) is 2.56. The molecule has 0 saturated carbocycles. The minimum Gasteiger partial charge on any atom is -0.345 e. The first-order valence-corrected chi connectivity index (χ1v) is 7.38. The average molecular weight is 399 g/mol. The molecule has 0 aliphatic carbocycles. The third-order valence-electron chi connectivity index (χ3n) is 3.67. The van der Waals surface area contributed by atoms with E-state index in [1.165, 1.54) is 0 Å². The Kier molecular flexibility index (Phi) is 4.92. The molecule has 2 aromatic carbocycles. The van der Waals surface area contributed by atoms with Crippen molar-refractivity contribution in [3.05, 3.63) is 79.4 Å². The van der Waals surface area contributed by atoms with Gasteiger partial charge in [0.2, 0.25) is 0 Å². The summed E-state index contributed by atoms with van der Waals surface area (Å²) in [5.41, 5.74) is 4.08.